The number of carbonyl (C=O) groups excluding carboxylic acids is 1. The van der Waals surface area contributed by atoms with Crippen LogP contribution < -0.4 is 5.32 Å². The smallest absolute Gasteiger partial charge is 0.251 e. The van der Waals surface area contributed by atoms with Crippen LogP contribution in [0.1, 0.15) is 18.7 Å². The van der Waals surface area contributed by atoms with E-state index in [4.69, 9.17) is 0 Å². The number of para-hydroxylation sites is 2. The number of nitrogens with zero attached hydrogens (tertiary/aromatic N) is 4. The molecule has 1 amide bonds. The van der Waals surface area contributed by atoms with Gasteiger partial charge in [-0.1, -0.05) is 12.1 Å². The summed E-state index contributed by atoms with van der Waals surface area (Å²) in [6.07, 6.45) is 1.80. The first-order valence-corrected chi connectivity index (χ1v) is 6.80. The maximum Gasteiger partial charge on any atom is 0.251 e. The van der Waals surface area contributed by atoms with E-state index in [0.29, 0.717) is 5.95 Å². The number of rotatable bonds is 3. The van der Waals surface area contributed by atoms with E-state index in [9.17, 15) is 4.79 Å². The van der Waals surface area contributed by atoms with Crippen LogP contribution in [0.4, 0.5) is 5.95 Å². The summed E-state index contributed by atoms with van der Waals surface area (Å²) < 4.78 is 3.52. The monoisotopic (exact) mass is 283 g/mol. The van der Waals surface area contributed by atoms with Crippen LogP contribution in [0.3, 0.4) is 0 Å². The van der Waals surface area contributed by atoms with E-state index in [2.05, 4.69) is 15.4 Å². The van der Waals surface area contributed by atoms with E-state index in [1.54, 1.807) is 10.9 Å². The van der Waals surface area contributed by atoms with Crippen molar-refractivity contribution in [3.63, 3.8) is 0 Å². The first-order chi connectivity index (χ1) is 10.1. The van der Waals surface area contributed by atoms with Gasteiger partial charge in [0.25, 0.3) is 5.91 Å². The molecule has 1 atom stereocenters. The van der Waals surface area contributed by atoms with Gasteiger partial charge >= 0.3 is 0 Å². The average molecular weight is 283 g/mol. The minimum absolute atomic E-state index is 0.142. The predicted molar refractivity (Wildman–Crippen MR) is 81.0 cm³/mol. The number of hydrogen-bond acceptors (Lipinski definition) is 3. The topological polar surface area (TPSA) is 64.7 Å². The Morgan fingerprint density at radius 3 is 2.71 bits per heavy atom. The van der Waals surface area contributed by atoms with E-state index in [1.165, 1.54) is 0 Å². The Morgan fingerprint density at radius 2 is 2.05 bits per heavy atom. The summed E-state index contributed by atoms with van der Waals surface area (Å²) in [5, 5.41) is 7.13. The standard InChI is InChI=1S/C15H17N5O/c1-10-8-9-20(18-10)11(2)14(21)17-15-16-12-6-4-5-7-13(12)19(15)3/h4-9,11H,1-3H3,(H,16,17,21). The lowest BCUT2D eigenvalue weighted by molar-refractivity contribution is -0.119. The second-order valence-corrected chi connectivity index (χ2v) is 5.09. The van der Waals surface area contributed by atoms with Crippen molar-refractivity contribution in [1.29, 1.82) is 0 Å². The molecular weight excluding hydrogens is 266 g/mol. The van der Waals surface area contributed by atoms with Crippen LogP contribution in [0, 0.1) is 6.92 Å². The number of carbonyl (C=O) groups is 1. The summed E-state index contributed by atoms with van der Waals surface area (Å²) in [5.41, 5.74) is 2.73. The Morgan fingerprint density at radius 1 is 1.29 bits per heavy atom. The molecule has 0 aliphatic heterocycles. The van der Waals surface area contributed by atoms with Crippen molar-refractivity contribution in [2.75, 3.05) is 5.32 Å². The molecule has 3 rings (SSSR count). The van der Waals surface area contributed by atoms with Crippen LogP contribution in [0.15, 0.2) is 36.5 Å². The van der Waals surface area contributed by atoms with E-state index in [0.717, 1.165) is 16.7 Å². The molecule has 1 unspecified atom stereocenters. The molecule has 0 bridgehead atoms. The molecule has 21 heavy (non-hydrogen) atoms. The Labute approximate surface area is 122 Å². The van der Waals surface area contributed by atoms with Crippen molar-refractivity contribution < 1.29 is 4.79 Å². The summed E-state index contributed by atoms with van der Waals surface area (Å²) in [4.78, 5) is 16.8. The van der Waals surface area contributed by atoms with E-state index in [1.807, 2.05) is 55.8 Å². The van der Waals surface area contributed by atoms with Gasteiger partial charge in [-0.2, -0.15) is 5.10 Å². The van der Waals surface area contributed by atoms with Gasteiger partial charge in [0.1, 0.15) is 6.04 Å². The van der Waals surface area contributed by atoms with E-state index >= 15 is 0 Å². The van der Waals surface area contributed by atoms with Crippen molar-refractivity contribution in [3.8, 4) is 0 Å². The van der Waals surface area contributed by atoms with E-state index in [-0.39, 0.29) is 5.91 Å². The zero-order valence-electron chi connectivity index (χ0n) is 12.2. The first kappa shape index (κ1) is 13.4. The number of hydrogen-bond donors (Lipinski definition) is 1. The molecule has 0 saturated heterocycles. The number of benzene rings is 1. The highest BCUT2D eigenvalue weighted by molar-refractivity contribution is 5.93. The zero-order valence-corrected chi connectivity index (χ0v) is 12.2. The lowest BCUT2D eigenvalue weighted by Crippen LogP contribution is -2.25. The second kappa shape index (κ2) is 5.05. The SMILES string of the molecule is Cc1ccn(C(C)C(=O)Nc2nc3ccccc3n2C)n1. The fourth-order valence-electron chi connectivity index (χ4n) is 2.24. The van der Waals surface area contributed by atoms with Crippen molar-refractivity contribution >= 4 is 22.9 Å². The third-order valence-electron chi connectivity index (χ3n) is 3.54. The summed E-state index contributed by atoms with van der Waals surface area (Å²) in [7, 11) is 1.88. The minimum atomic E-state index is -0.390. The van der Waals surface area contributed by atoms with Crippen LogP contribution in [0.5, 0.6) is 0 Å². The van der Waals surface area contributed by atoms with Gasteiger partial charge in [0.05, 0.1) is 16.7 Å². The largest absolute Gasteiger partial charge is 0.313 e. The third kappa shape index (κ3) is 2.40. The van der Waals surface area contributed by atoms with Crippen molar-refractivity contribution in [2.24, 2.45) is 7.05 Å². The molecule has 1 aromatic carbocycles. The third-order valence-corrected chi connectivity index (χ3v) is 3.54. The highest BCUT2D eigenvalue weighted by Gasteiger charge is 2.18. The van der Waals surface area contributed by atoms with Gasteiger partial charge in [-0.25, -0.2) is 4.98 Å². The van der Waals surface area contributed by atoms with Crippen molar-refractivity contribution in [2.45, 2.75) is 19.9 Å². The lowest BCUT2D eigenvalue weighted by Gasteiger charge is -2.12. The average Bonchev–Trinajstić information content (AvgIpc) is 3.04. The maximum atomic E-state index is 12.3. The Kier molecular flexibility index (Phi) is 3.21. The number of aromatic nitrogens is 4. The number of imidazole rings is 1. The van der Waals surface area contributed by atoms with Gasteiger partial charge < -0.3 is 4.57 Å². The van der Waals surface area contributed by atoms with Crippen LogP contribution in [-0.4, -0.2) is 25.2 Å². The van der Waals surface area contributed by atoms with Gasteiger partial charge in [0.2, 0.25) is 5.95 Å². The number of amides is 1. The number of aryl methyl sites for hydroxylation is 2. The van der Waals surface area contributed by atoms with Crippen LogP contribution >= 0.6 is 0 Å². The molecule has 6 nitrogen and oxygen atoms in total. The second-order valence-electron chi connectivity index (χ2n) is 5.09. The van der Waals surface area contributed by atoms with Gasteiger partial charge in [0, 0.05) is 13.2 Å². The van der Waals surface area contributed by atoms with E-state index < -0.39 is 6.04 Å². The molecule has 0 aliphatic rings. The fraction of sp³-hybridized carbons (Fsp3) is 0.267. The Hall–Kier alpha value is -2.63. The molecule has 1 N–H and O–H groups in total. The molecule has 0 spiro atoms. The van der Waals surface area contributed by atoms with Crippen LogP contribution in [0.2, 0.25) is 0 Å². The summed E-state index contributed by atoms with van der Waals surface area (Å²) in [5.74, 6) is 0.397. The highest BCUT2D eigenvalue weighted by atomic mass is 16.2. The van der Waals surface area contributed by atoms with Gasteiger partial charge in [-0.3, -0.25) is 14.8 Å². The van der Waals surface area contributed by atoms with Gasteiger partial charge in [0.15, 0.2) is 0 Å². The fourth-order valence-corrected chi connectivity index (χ4v) is 2.24. The molecule has 2 heterocycles. The maximum absolute atomic E-state index is 12.3. The minimum Gasteiger partial charge on any atom is -0.313 e. The summed E-state index contributed by atoms with van der Waals surface area (Å²) >= 11 is 0. The number of fused-ring (bicyclic) bond motifs is 1. The van der Waals surface area contributed by atoms with Gasteiger partial charge in [-0.05, 0) is 32.0 Å². The molecular formula is C15H17N5O. The molecule has 108 valence electrons. The zero-order chi connectivity index (χ0) is 15.0. The molecule has 6 heteroatoms. The number of nitrogens with one attached hydrogen (secondary N) is 1. The highest BCUT2D eigenvalue weighted by Crippen LogP contribution is 2.18. The summed E-state index contributed by atoms with van der Waals surface area (Å²) in [6, 6.07) is 9.25. The molecule has 0 radical (unpaired) electrons. The molecule has 0 saturated carbocycles. The molecule has 2 aromatic heterocycles. The molecule has 3 aromatic rings. The predicted octanol–water partition coefficient (Wildman–Crippen LogP) is 2.28. The summed E-state index contributed by atoms with van der Waals surface area (Å²) in [6.45, 7) is 3.71. The van der Waals surface area contributed by atoms with Gasteiger partial charge in [-0.15, -0.1) is 0 Å². The molecule has 0 fully saturated rings. The normalized spacial score (nSPS) is 12.5. The lowest BCUT2D eigenvalue weighted by atomic mass is 10.3. The van der Waals surface area contributed by atoms with Crippen molar-refractivity contribution in [1.82, 2.24) is 19.3 Å². The molecule has 0 aliphatic carbocycles. The number of anilines is 1. The van der Waals surface area contributed by atoms with Crippen LogP contribution in [0.25, 0.3) is 11.0 Å². The Bertz CT molecular complexity index is 801. The van der Waals surface area contributed by atoms with Crippen molar-refractivity contribution in [3.05, 3.63) is 42.2 Å². The first-order valence-electron chi connectivity index (χ1n) is 6.80. The quantitative estimate of drug-likeness (QED) is 0.802. The van der Waals surface area contributed by atoms with Crippen LogP contribution in [-0.2, 0) is 11.8 Å². The Balaban J connectivity index is 1.84.